The zero-order chi connectivity index (χ0) is 34.5. The lowest BCUT2D eigenvalue weighted by molar-refractivity contribution is 0.769. The molecule has 244 valence electrons. The Morgan fingerprint density at radius 2 is 0.769 bits per heavy atom. The lowest BCUT2D eigenvalue weighted by Crippen LogP contribution is -2.28. The molecule has 0 saturated heterocycles. The van der Waals surface area contributed by atoms with Gasteiger partial charge >= 0.3 is 0 Å². The average molecular weight is 662 g/mol. The SMILES string of the molecule is c1ccc(C2(c3ccccc3)c3ccccc3-c3ccc(Nc4ccc(-c5ccc6ccc(-c7ccc8ccccc8c7)cc6c5)cc4)cc32)cc1. The van der Waals surface area contributed by atoms with E-state index in [1.54, 1.807) is 0 Å². The zero-order valence-electron chi connectivity index (χ0n) is 28.6. The van der Waals surface area contributed by atoms with E-state index in [1.165, 1.54) is 77.2 Å². The number of fused-ring (bicyclic) bond motifs is 5. The highest BCUT2D eigenvalue weighted by molar-refractivity contribution is 5.93. The number of rotatable bonds is 6. The van der Waals surface area contributed by atoms with Gasteiger partial charge in [-0.3, -0.25) is 0 Å². The van der Waals surface area contributed by atoms with Crippen molar-refractivity contribution in [3.05, 3.63) is 229 Å². The van der Waals surface area contributed by atoms with Crippen molar-refractivity contribution in [2.24, 2.45) is 0 Å². The molecule has 1 N–H and O–H groups in total. The summed E-state index contributed by atoms with van der Waals surface area (Å²) in [6.07, 6.45) is 0. The van der Waals surface area contributed by atoms with E-state index in [-0.39, 0.29) is 0 Å². The molecule has 0 fully saturated rings. The van der Waals surface area contributed by atoms with E-state index >= 15 is 0 Å². The van der Waals surface area contributed by atoms with Gasteiger partial charge in [0.15, 0.2) is 0 Å². The fourth-order valence-corrected chi connectivity index (χ4v) is 8.41. The third kappa shape index (κ3) is 4.93. The summed E-state index contributed by atoms with van der Waals surface area (Å²) >= 11 is 0. The largest absolute Gasteiger partial charge is 0.356 e. The highest BCUT2D eigenvalue weighted by Gasteiger charge is 2.46. The van der Waals surface area contributed by atoms with Crippen molar-refractivity contribution in [1.29, 1.82) is 0 Å². The first-order valence-electron chi connectivity index (χ1n) is 18.0. The Hall–Kier alpha value is -6.70. The molecule has 0 atom stereocenters. The van der Waals surface area contributed by atoms with E-state index in [1.807, 2.05) is 0 Å². The van der Waals surface area contributed by atoms with E-state index in [9.17, 15) is 0 Å². The summed E-state index contributed by atoms with van der Waals surface area (Å²) in [6.45, 7) is 0. The maximum atomic E-state index is 3.75. The number of hydrogen-bond donors (Lipinski definition) is 1. The van der Waals surface area contributed by atoms with Crippen LogP contribution in [0.1, 0.15) is 22.3 Å². The minimum atomic E-state index is -0.416. The Bertz CT molecular complexity index is 2700. The van der Waals surface area contributed by atoms with E-state index < -0.39 is 5.41 Å². The second kappa shape index (κ2) is 12.3. The molecular weight excluding hydrogens is 627 g/mol. The fourth-order valence-electron chi connectivity index (χ4n) is 8.41. The van der Waals surface area contributed by atoms with Crippen LogP contribution in [-0.2, 0) is 5.41 Å². The van der Waals surface area contributed by atoms with Gasteiger partial charge in [-0.05, 0) is 120 Å². The van der Waals surface area contributed by atoms with Gasteiger partial charge in [0.05, 0.1) is 5.41 Å². The normalized spacial score (nSPS) is 12.8. The molecule has 0 amide bonds. The minimum absolute atomic E-state index is 0.416. The Morgan fingerprint density at radius 3 is 1.44 bits per heavy atom. The van der Waals surface area contributed by atoms with Crippen molar-refractivity contribution in [2.45, 2.75) is 5.41 Å². The Balaban J connectivity index is 0.982. The second-order valence-corrected chi connectivity index (χ2v) is 13.8. The van der Waals surface area contributed by atoms with E-state index in [2.05, 4.69) is 212 Å². The minimum Gasteiger partial charge on any atom is -0.356 e. The van der Waals surface area contributed by atoms with Gasteiger partial charge in [0.1, 0.15) is 0 Å². The maximum Gasteiger partial charge on any atom is 0.0714 e. The highest BCUT2D eigenvalue weighted by atomic mass is 14.9. The third-order valence-electron chi connectivity index (χ3n) is 10.9. The lowest BCUT2D eigenvalue weighted by Gasteiger charge is -2.34. The van der Waals surface area contributed by atoms with Crippen LogP contribution in [0, 0.1) is 0 Å². The van der Waals surface area contributed by atoms with Crippen molar-refractivity contribution < 1.29 is 0 Å². The molecule has 0 unspecified atom stereocenters. The lowest BCUT2D eigenvalue weighted by atomic mass is 9.67. The maximum absolute atomic E-state index is 3.75. The van der Waals surface area contributed by atoms with Crippen LogP contribution in [0.3, 0.4) is 0 Å². The Morgan fingerprint density at radius 1 is 0.288 bits per heavy atom. The summed E-state index contributed by atoms with van der Waals surface area (Å²) in [5, 5.41) is 8.76. The number of nitrogens with one attached hydrogen (secondary N) is 1. The van der Waals surface area contributed by atoms with Gasteiger partial charge in [0.2, 0.25) is 0 Å². The summed E-state index contributed by atoms with van der Waals surface area (Å²) in [4.78, 5) is 0. The fraction of sp³-hybridized carbons (Fsp3) is 0.0196. The van der Waals surface area contributed by atoms with Crippen LogP contribution < -0.4 is 5.32 Å². The second-order valence-electron chi connectivity index (χ2n) is 13.8. The molecule has 1 nitrogen and oxygen atoms in total. The zero-order valence-corrected chi connectivity index (χ0v) is 28.6. The van der Waals surface area contributed by atoms with Crippen molar-refractivity contribution in [3.8, 4) is 33.4 Å². The molecule has 0 aliphatic heterocycles. The van der Waals surface area contributed by atoms with Gasteiger partial charge in [0.25, 0.3) is 0 Å². The monoisotopic (exact) mass is 661 g/mol. The third-order valence-corrected chi connectivity index (χ3v) is 10.9. The summed E-state index contributed by atoms with van der Waals surface area (Å²) in [5.41, 5.74) is 14.3. The molecule has 0 heterocycles. The van der Waals surface area contributed by atoms with Gasteiger partial charge in [-0.2, -0.15) is 0 Å². The van der Waals surface area contributed by atoms with E-state index in [0.717, 1.165) is 11.4 Å². The summed E-state index contributed by atoms with van der Waals surface area (Å²) in [6, 6.07) is 75.3. The summed E-state index contributed by atoms with van der Waals surface area (Å²) < 4.78 is 0. The Labute approximate surface area is 304 Å². The van der Waals surface area contributed by atoms with Crippen LogP contribution >= 0.6 is 0 Å². The van der Waals surface area contributed by atoms with E-state index in [4.69, 9.17) is 0 Å². The number of benzene rings is 9. The van der Waals surface area contributed by atoms with Crippen molar-refractivity contribution >= 4 is 32.9 Å². The molecule has 52 heavy (non-hydrogen) atoms. The molecule has 0 aromatic heterocycles. The van der Waals surface area contributed by atoms with Crippen LogP contribution in [0.15, 0.2) is 206 Å². The quantitative estimate of drug-likeness (QED) is 0.187. The van der Waals surface area contributed by atoms with Crippen LogP contribution in [0.25, 0.3) is 54.9 Å². The van der Waals surface area contributed by atoms with Crippen molar-refractivity contribution in [3.63, 3.8) is 0 Å². The van der Waals surface area contributed by atoms with Crippen LogP contribution in [0.2, 0.25) is 0 Å². The van der Waals surface area contributed by atoms with Crippen LogP contribution in [0.4, 0.5) is 11.4 Å². The summed E-state index contributed by atoms with van der Waals surface area (Å²) in [5.74, 6) is 0. The van der Waals surface area contributed by atoms with Crippen molar-refractivity contribution in [1.82, 2.24) is 0 Å². The first kappa shape index (κ1) is 30.2. The van der Waals surface area contributed by atoms with E-state index in [0.29, 0.717) is 0 Å². The molecule has 9 aromatic rings. The molecule has 0 radical (unpaired) electrons. The number of hydrogen-bond acceptors (Lipinski definition) is 1. The molecule has 1 aliphatic carbocycles. The molecule has 9 aromatic carbocycles. The molecule has 1 aliphatic rings. The Kier molecular flexibility index (Phi) is 7.11. The predicted octanol–water partition coefficient (Wildman–Crippen LogP) is 13.4. The molecular formula is C51H35N. The standard InChI is InChI=1S/C51H35N/c1-3-13-43(14-4-1)51(44-15-5-2-6-16-44)49-18-10-9-17-47(49)48-30-29-46(34-50(48)51)52-45-27-25-36(26-28-45)39-22-20-37-21-24-41(33-42(37)32-39)40-23-19-35-11-7-8-12-38(35)31-40/h1-34,52H. The van der Waals surface area contributed by atoms with Gasteiger partial charge < -0.3 is 5.32 Å². The molecule has 10 rings (SSSR count). The molecule has 0 bridgehead atoms. The summed E-state index contributed by atoms with van der Waals surface area (Å²) in [7, 11) is 0. The van der Waals surface area contributed by atoms with Gasteiger partial charge in [-0.15, -0.1) is 0 Å². The van der Waals surface area contributed by atoms with Gasteiger partial charge in [0, 0.05) is 11.4 Å². The van der Waals surface area contributed by atoms with Gasteiger partial charge in [-0.1, -0.05) is 164 Å². The van der Waals surface area contributed by atoms with Crippen molar-refractivity contribution in [2.75, 3.05) is 5.32 Å². The highest BCUT2D eigenvalue weighted by Crippen LogP contribution is 2.56. The number of anilines is 2. The predicted molar refractivity (Wildman–Crippen MR) is 219 cm³/mol. The first-order valence-corrected chi connectivity index (χ1v) is 18.0. The van der Waals surface area contributed by atoms with Crippen LogP contribution in [-0.4, -0.2) is 0 Å². The topological polar surface area (TPSA) is 12.0 Å². The van der Waals surface area contributed by atoms with Gasteiger partial charge in [-0.25, -0.2) is 0 Å². The average Bonchev–Trinajstić information content (AvgIpc) is 3.51. The van der Waals surface area contributed by atoms with Crippen LogP contribution in [0.5, 0.6) is 0 Å². The molecule has 0 saturated carbocycles. The molecule has 0 spiro atoms. The molecule has 1 heteroatoms. The smallest absolute Gasteiger partial charge is 0.0714 e. The first-order chi connectivity index (χ1) is 25.7.